The summed E-state index contributed by atoms with van der Waals surface area (Å²) >= 11 is 0. The van der Waals surface area contributed by atoms with E-state index >= 15 is 0 Å². The summed E-state index contributed by atoms with van der Waals surface area (Å²) in [6.07, 6.45) is 0.774. The van der Waals surface area contributed by atoms with E-state index in [1.807, 2.05) is 12.1 Å². The van der Waals surface area contributed by atoms with Crippen LogP contribution < -0.4 is 0 Å². The van der Waals surface area contributed by atoms with Crippen LogP contribution in [0, 0.1) is 11.3 Å². The van der Waals surface area contributed by atoms with Gasteiger partial charge in [-0.15, -0.1) is 0 Å². The molecule has 3 heterocycles. The molecule has 0 saturated heterocycles. The second kappa shape index (κ2) is 4.86. The van der Waals surface area contributed by atoms with Crippen LogP contribution in [0.3, 0.4) is 0 Å². The molecule has 22 heavy (non-hydrogen) atoms. The molecule has 0 unspecified atom stereocenters. The van der Waals surface area contributed by atoms with E-state index < -0.39 is 0 Å². The van der Waals surface area contributed by atoms with Crippen molar-refractivity contribution in [3.05, 3.63) is 47.2 Å². The summed E-state index contributed by atoms with van der Waals surface area (Å²) < 4.78 is 5.42. The summed E-state index contributed by atoms with van der Waals surface area (Å²) in [7, 11) is 0. The van der Waals surface area contributed by atoms with Crippen molar-refractivity contribution in [3.63, 3.8) is 0 Å². The number of pyridine rings is 1. The van der Waals surface area contributed by atoms with Gasteiger partial charge in [0.15, 0.2) is 5.88 Å². The number of H-pyrrole nitrogens is 1. The van der Waals surface area contributed by atoms with Gasteiger partial charge in [-0.2, -0.15) is 5.26 Å². The minimum Gasteiger partial charge on any atom is -0.494 e. The van der Waals surface area contributed by atoms with Gasteiger partial charge in [-0.1, -0.05) is 6.07 Å². The fourth-order valence-electron chi connectivity index (χ4n) is 2.87. The first-order valence-corrected chi connectivity index (χ1v) is 7.08. The van der Waals surface area contributed by atoms with Crippen molar-refractivity contribution in [2.75, 3.05) is 6.61 Å². The molecule has 4 rings (SSSR count). The Kier molecular flexibility index (Phi) is 2.84. The van der Waals surface area contributed by atoms with Crippen molar-refractivity contribution in [1.29, 1.82) is 5.26 Å². The number of aromatic amines is 1. The molecule has 0 radical (unpaired) electrons. The molecule has 108 valence electrons. The summed E-state index contributed by atoms with van der Waals surface area (Å²) in [5, 5.41) is 20.1. The number of nitriles is 1. The Morgan fingerprint density at radius 1 is 1.27 bits per heavy atom. The van der Waals surface area contributed by atoms with Crippen LogP contribution in [0.4, 0.5) is 0 Å². The first-order valence-electron chi connectivity index (χ1n) is 7.08. The summed E-state index contributed by atoms with van der Waals surface area (Å²) in [5.74, 6) is 0.0737. The fourth-order valence-corrected chi connectivity index (χ4v) is 2.87. The minimum atomic E-state index is 0.0737. The lowest BCUT2D eigenvalue weighted by Crippen LogP contribution is -2.11. The van der Waals surface area contributed by atoms with Gasteiger partial charge in [0.25, 0.3) is 0 Å². The maximum atomic E-state index is 10.3. The van der Waals surface area contributed by atoms with Gasteiger partial charge in [0.1, 0.15) is 0 Å². The van der Waals surface area contributed by atoms with E-state index in [2.05, 4.69) is 16.0 Å². The van der Waals surface area contributed by atoms with Crippen LogP contribution in [0.25, 0.3) is 22.2 Å². The third-order valence-electron chi connectivity index (χ3n) is 3.97. The molecule has 0 bridgehead atoms. The lowest BCUT2D eigenvalue weighted by Gasteiger charge is -2.16. The third kappa shape index (κ3) is 1.93. The van der Waals surface area contributed by atoms with Crippen molar-refractivity contribution in [2.24, 2.45) is 0 Å². The summed E-state index contributed by atoms with van der Waals surface area (Å²) in [5.41, 5.74) is 4.79. The van der Waals surface area contributed by atoms with Crippen LogP contribution in [-0.4, -0.2) is 21.7 Å². The average Bonchev–Trinajstić information content (AvgIpc) is 2.89. The van der Waals surface area contributed by atoms with Crippen molar-refractivity contribution in [1.82, 2.24) is 9.97 Å². The van der Waals surface area contributed by atoms with Crippen LogP contribution in [0.5, 0.6) is 5.88 Å². The number of hydrogen-bond donors (Lipinski definition) is 2. The highest BCUT2D eigenvalue weighted by atomic mass is 16.5. The van der Waals surface area contributed by atoms with E-state index in [9.17, 15) is 5.11 Å². The smallest absolute Gasteiger partial charge is 0.199 e. The van der Waals surface area contributed by atoms with Gasteiger partial charge in [0.05, 0.1) is 36.1 Å². The highest BCUT2D eigenvalue weighted by Crippen LogP contribution is 2.36. The molecule has 5 heteroatoms. The van der Waals surface area contributed by atoms with Gasteiger partial charge < -0.3 is 14.8 Å². The standard InChI is InChI=1S/C17H13N3O2/c18-8-10-1-3-14-12(7-10)16(17(21)20-14)15-4-2-11-9-22-6-5-13(11)19-15/h1-4,7,20-21H,5-6,9H2. The van der Waals surface area contributed by atoms with Gasteiger partial charge in [-0.05, 0) is 29.8 Å². The normalized spacial score (nSPS) is 13.8. The number of nitrogens with one attached hydrogen (secondary N) is 1. The lowest BCUT2D eigenvalue weighted by atomic mass is 10.0. The van der Waals surface area contributed by atoms with Gasteiger partial charge in [-0.3, -0.25) is 4.98 Å². The Balaban J connectivity index is 1.93. The quantitative estimate of drug-likeness (QED) is 0.722. The van der Waals surface area contributed by atoms with Gasteiger partial charge in [-0.25, -0.2) is 0 Å². The van der Waals surface area contributed by atoms with Gasteiger partial charge in [0.2, 0.25) is 0 Å². The molecule has 0 fully saturated rings. The molecule has 0 atom stereocenters. The highest BCUT2D eigenvalue weighted by Gasteiger charge is 2.17. The maximum Gasteiger partial charge on any atom is 0.199 e. The van der Waals surface area contributed by atoms with Crippen LogP contribution in [0.15, 0.2) is 30.3 Å². The molecule has 1 aromatic carbocycles. The monoisotopic (exact) mass is 291 g/mol. The number of ether oxygens (including phenoxy) is 1. The molecular weight excluding hydrogens is 278 g/mol. The van der Waals surface area contributed by atoms with E-state index in [0.29, 0.717) is 30.0 Å². The number of hydrogen-bond acceptors (Lipinski definition) is 4. The number of benzene rings is 1. The molecule has 1 aliphatic heterocycles. The zero-order valence-corrected chi connectivity index (χ0v) is 11.8. The second-order valence-corrected chi connectivity index (χ2v) is 5.33. The summed E-state index contributed by atoms with van der Waals surface area (Å²) in [6.45, 7) is 1.25. The topological polar surface area (TPSA) is 81.9 Å². The van der Waals surface area contributed by atoms with Gasteiger partial charge >= 0.3 is 0 Å². The van der Waals surface area contributed by atoms with E-state index in [0.717, 1.165) is 28.6 Å². The molecule has 2 aromatic heterocycles. The van der Waals surface area contributed by atoms with E-state index in [-0.39, 0.29) is 5.88 Å². The van der Waals surface area contributed by atoms with E-state index in [1.165, 1.54) is 0 Å². The van der Waals surface area contributed by atoms with Crippen molar-refractivity contribution in [3.8, 4) is 23.2 Å². The van der Waals surface area contributed by atoms with Crippen LogP contribution >= 0.6 is 0 Å². The molecule has 0 spiro atoms. The van der Waals surface area contributed by atoms with Crippen LogP contribution in [-0.2, 0) is 17.8 Å². The molecule has 0 aliphatic carbocycles. The van der Waals surface area contributed by atoms with E-state index in [1.54, 1.807) is 18.2 Å². The SMILES string of the molecule is N#Cc1ccc2[nH]c(O)c(-c3ccc4c(n3)CCOC4)c2c1. The third-order valence-corrected chi connectivity index (χ3v) is 3.97. The largest absolute Gasteiger partial charge is 0.494 e. The van der Waals surface area contributed by atoms with Crippen molar-refractivity contribution in [2.45, 2.75) is 13.0 Å². The first-order chi connectivity index (χ1) is 10.8. The average molecular weight is 291 g/mol. The fraction of sp³-hybridized carbons (Fsp3) is 0.176. The minimum absolute atomic E-state index is 0.0737. The number of nitrogens with zero attached hydrogens (tertiary/aromatic N) is 2. The Morgan fingerprint density at radius 2 is 2.18 bits per heavy atom. The Labute approximate surface area is 126 Å². The number of rotatable bonds is 1. The Hall–Kier alpha value is -2.84. The van der Waals surface area contributed by atoms with Crippen molar-refractivity contribution >= 4 is 10.9 Å². The number of aromatic hydroxyl groups is 1. The number of aromatic nitrogens is 2. The van der Waals surface area contributed by atoms with Crippen LogP contribution in [0.1, 0.15) is 16.8 Å². The predicted molar refractivity (Wildman–Crippen MR) is 81.3 cm³/mol. The molecule has 0 saturated carbocycles. The lowest BCUT2D eigenvalue weighted by molar-refractivity contribution is 0.109. The molecule has 2 N–H and O–H groups in total. The molecular formula is C17H13N3O2. The Morgan fingerprint density at radius 3 is 3.05 bits per heavy atom. The zero-order valence-electron chi connectivity index (χ0n) is 11.8. The summed E-state index contributed by atoms with van der Waals surface area (Å²) in [6, 6.07) is 11.3. The van der Waals surface area contributed by atoms with Gasteiger partial charge in [0, 0.05) is 23.0 Å². The number of fused-ring (bicyclic) bond motifs is 2. The maximum absolute atomic E-state index is 10.3. The Bertz CT molecular complexity index is 922. The van der Waals surface area contributed by atoms with Crippen LogP contribution in [0.2, 0.25) is 0 Å². The molecule has 1 aliphatic rings. The molecule has 3 aromatic rings. The zero-order chi connectivity index (χ0) is 15.1. The molecule has 5 nitrogen and oxygen atoms in total. The predicted octanol–water partition coefficient (Wildman–Crippen LogP) is 2.88. The van der Waals surface area contributed by atoms with E-state index in [4.69, 9.17) is 10.00 Å². The highest BCUT2D eigenvalue weighted by molar-refractivity contribution is 5.98. The first kappa shape index (κ1) is 12.9. The summed E-state index contributed by atoms with van der Waals surface area (Å²) in [4.78, 5) is 7.62. The molecule has 0 amide bonds. The van der Waals surface area contributed by atoms with Crippen molar-refractivity contribution < 1.29 is 9.84 Å². The second-order valence-electron chi connectivity index (χ2n) is 5.33.